The first-order valence-corrected chi connectivity index (χ1v) is 9.10. The number of phenols is 1. The second-order valence-corrected chi connectivity index (χ2v) is 7.64. The Morgan fingerprint density at radius 3 is 2.59 bits per heavy atom. The summed E-state index contributed by atoms with van der Waals surface area (Å²) in [5.41, 5.74) is 0.211. The molecule has 0 amide bonds. The van der Waals surface area contributed by atoms with E-state index in [2.05, 4.69) is 0 Å². The summed E-state index contributed by atoms with van der Waals surface area (Å²) in [6.45, 7) is 1.43. The second-order valence-electron chi connectivity index (χ2n) is 5.86. The van der Waals surface area contributed by atoms with Crippen LogP contribution in [0.2, 0.25) is 0 Å². The van der Waals surface area contributed by atoms with Gasteiger partial charge in [-0.1, -0.05) is 0 Å². The molecule has 2 aromatic carbocycles. The average Bonchev–Trinajstić information content (AvgIpc) is 2.87. The fourth-order valence-electron chi connectivity index (χ4n) is 2.98. The number of nitriles is 1. The van der Waals surface area contributed by atoms with Crippen LogP contribution in [-0.2, 0) is 21.2 Å². The summed E-state index contributed by atoms with van der Waals surface area (Å²) >= 11 is 0. The molecule has 9 heteroatoms. The number of aromatic nitrogens is 1. The van der Waals surface area contributed by atoms with Crippen LogP contribution in [0.5, 0.6) is 5.75 Å². The SMILES string of the molecule is Cc1c(CC(=O)O)c2cc(F)ccc2n1S(=O)(=O)c1ccc(O)c(C#N)c1. The van der Waals surface area contributed by atoms with Gasteiger partial charge in [0.2, 0.25) is 0 Å². The Morgan fingerprint density at radius 2 is 1.96 bits per heavy atom. The van der Waals surface area contributed by atoms with E-state index in [0.29, 0.717) is 0 Å². The van der Waals surface area contributed by atoms with Gasteiger partial charge in [-0.2, -0.15) is 5.26 Å². The number of fused-ring (bicyclic) bond motifs is 1. The molecule has 0 unspecified atom stereocenters. The van der Waals surface area contributed by atoms with Crippen molar-refractivity contribution in [1.82, 2.24) is 3.97 Å². The zero-order valence-electron chi connectivity index (χ0n) is 14.0. The second kappa shape index (κ2) is 6.41. The number of benzene rings is 2. The molecule has 7 nitrogen and oxygen atoms in total. The van der Waals surface area contributed by atoms with Gasteiger partial charge in [0.25, 0.3) is 10.0 Å². The van der Waals surface area contributed by atoms with Crippen molar-refractivity contribution in [2.45, 2.75) is 18.2 Å². The van der Waals surface area contributed by atoms with Crippen molar-refractivity contribution >= 4 is 26.9 Å². The molecule has 0 atom stereocenters. The number of carbonyl (C=O) groups is 1. The molecule has 0 fully saturated rings. The van der Waals surface area contributed by atoms with Gasteiger partial charge in [0, 0.05) is 11.1 Å². The predicted molar refractivity (Wildman–Crippen MR) is 93.4 cm³/mol. The summed E-state index contributed by atoms with van der Waals surface area (Å²) in [4.78, 5) is 10.9. The molecule has 0 aliphatic carbocycles. The van der Waals surface area contributed by atoms with Gasteiger partial charge >= 0.3 is 5.97 Å². The normalized spacial score (nSPS) is 11.4. The van der Waals surface area contributed by atoms with Crippen molar-refractivity contribution in [3.63, 3.8) is 0 Å². The summed E-state index contributed by atoms with van der Waals surface area (Å²) in [6, 6.07) is 8.37. The number of rotatable bonds is 4. The van der Waals surface area contributed by atoms with E-state index in [-0.39, 0.29) is 38.4 Å². The highest BCUT2D eigenvalue weighted by Gasteiger charge is 2.26. The summed E-state index contributed by atoms with van der Waals surface area (Å²) in [6.07, 6.45) is -0.479. The fraction of sp³-hybridized carbons (Fsp3) is 0.111. The Balaban J connectivity index is 2.35. The van der Waals surface area contributed by atoms with Crippen LogP contribution in [0.3, 0.4) is 0 Å². The lowest BCUT2D eigenvalue weighted by atomic mass is 10.1. The Hall–Kier alpha value is -3.38. The van der Waals surface area contributed by atoms with Crippen molar-refractivity contribution < 1.29 is 27.8 Å². The molecular weight excluding hydrogens is 375 g/mol. The molecule has 27 heavy (non-hydrogen) atoms. The summed E-state index contributed by atoms with van der Waals surface area (Å²) < 4.78 is 40.9. The number of phenolic OH excluding ortho intramolecular Hbond substituents is 1. The first-order chi connectivity index (χ1) is 12.7. The van der Waals surface area contributed by atoms with Crippen LogP contribution in [0.4, 0.5) is 4.39 Å². The average molecular weight is 388 g/mol. The Labute approximate surface area is 153 Å². The van der Waals surface area contributed by atoms with Gasteiger partial charge in [-0.15, -0.1) is 0 Å². The quantitative estimate of drug-likeness (QED) is 0.709. The van der Waals surface area contributed by atoms with E-state index in [0.717, 1.165) is 34.3 Å². The molecule has 1 aromatic heterocycles. The van der Waals surface area contributed by atoms with E-state index in [9.17, 15) is 22.7 Å². The molecule has 2 N–H and O–H groups in total. The maximum atomic E-state index is 13.7. The van der Waals surface area contributed by atoms with Crippen LogP contribution in [0.25, 0.3) is 10.9 Å². The third kappa shape index (κ3) is 3.00. The van der Waals surface area contributed by atoms with Crippen molar-refractivity contribution in [3.8, 4) is 11.8 Å². The lowest BCUT2D eigenvalue weighted by molar-refractivity contribution is -0.136. The minimum atomic E-state index is -4.23. The van der Waals surface area contributed by atoms with Gasteiger partial charge in [-0.05, 0) is 48.9 Å². The van der Waals surface area contributed by atoms with Crippen molar-refractivity contribution in [2.75, 3.05) is 0 Å². The first-order valence-electron chi connectivity index (χ1n) is 7.66. The van der Waals surface area contributed by atoms with Crippen LogP contribution in [0, 0.1) is 24.1 Å². The zero-order valence-corrected chi connectivity index (χ0v) is 14.8. The molecule has 3 rings (SSSR count). The Morgan fingerprint density at radius 1 is 1.26 bits per heavy atom. The monoisotopic (exact) mass is 388 g/mol. The first kappa shape index (κ1) is 18.4. The van der Waals surface area contributed by atoms with Gasteiger partial charge in [0.05, 0.1) is 22.4 Å². The van der Waals surface area contributed by atoms with Gasteiger partial charge in [0.15, 0.2) is 0 Å². The molecule has 0 saturated heterocycles. The van der Waals surface area contributed by atoms with Gasteiger partial charge in [-0.3, -0.25) is 4.79 Å². The van der Waals surface area contributed by atoms with Gasteiger partial charge in [0.1, 0.15) is 17.6 Å². The van der Waals surface area contributed by atoms with Crippen LogP contribution < -0.4 is 0 Å². The molecule has 1 heterocycles. The molecule has 138 valence electrons. The van der Waals surface area contributed by atoms with E-state index in [1.54, 1.807) is 6.07 Å². The minimum Gasteiger partial charge on any atom is -0.507 e. The van der Waals surface area contributed by atoms with E-state index in [4.69, 9.17) is 10.4 Å². The standard InChI is InChI=1S/C18H13FN2O5S/c1-10-14(8-18(23)24)15-7-12(19)2-4-16(15)21(10)27(25,26)13-3-5-17(22)11(6-13)9-20/h2-7,22H,8H2,1H3,(H,23,24). The van der Waals surface area contributed by atoms with Gasteiger partial charge in [-0.25, -0.2) is 16.8 Å². The number of halogens is 1. The Kier molecular flexibility index (Phi) is 4.37. The minimum absolute atomic E-state index is 0.122. The molecular formula is C18H13FN2O5S. The van der Waals surface area contributed by atoms with Crippen LogP contribution in [0.1, 0.15) is 16.8 Å². The van der Waals surface area contributed by atoms with E-state index in [1.807, 2.05) is 0 Å². The lowest BCUT2D eigenvalue weighted by Crippen LogP contribution is -2.15. The van der Waals surface area contributed by atoms with Gasteiger partial charge < -0.3 is 10.2 Å². The highest BCUT2D eigenvalue weighted by molar-refractivity contribution is 7.90. The third-order valence-electron chi connectivity index (χ3n) is 4.20. The topological polar surface area (TPSA) is 120 Å². The van der Waals surface area contributed by atoms with E-state index < -0.39 is 28.2 Å². The summed E-state index contributed by atoms with van der Waals surface area (Å²) in [5, 5.41) is 27.9. The molecule has 0 radical (unpaired) electrons. The maximum absolute atomic E-state index is 13.7. The van der Waals surface area contributed by atoms with Crippen LogP contribution in [-0.4, -0.2) is 28.6 Å². The molecule has 0 aliphatic rings. The number of carboxylic acids is 1. The molecule has 0 aliphatic heterocycles. The number of hydrogen-bond acceptors (Lipinski definition) is 5. The van der Waals surface area contributed by atoms with Crippen molar-refractivity contribution in [2.24, 2.45) is 0 Å². The number of aliphatic carboxylic acids is 1. The zero-order chi connectivity index (χ0) is 19.9. The van der Waals surface area contributed by atoms with Crippen LogP contribution in [0.15, 0.2) is 41.3 Å². The highest BCUT2D eigenvalue weighted by Crippen LogP contribution is 2.32. The number of nitrogens with zero attached hydrogens (tertiary/aromatic N) is 2. The molecule has 0 bridgehead atoms. The number of aromatic hydroxyl groups is 1. The van der Waals surface area contributed by atoms with E-state index in [1.165, 1.54) is 13.0 Å². The molecule has 3 aromatic rings. The highest BCUT2D eigenvalue weighted by atomic mass is 32.2. The molecule has 0 saturated carbocycles. The third-order valence-corrected chi connectivity index (χ3v) is 6.00. The fourth-order valence-corrected chi connectivity index (χ4v) is 4.59. The molecule has 0 spiro atoms. The summed E-state index contributed by atoms with van der Waals surface area (Å²) in [7, 11) is -4.23. The lowest BCUT2D eigenvalue weighted by Gasteiger charge is -2.11. The summed E-state index contributed by atoms with van der Waals surface area (Å²) in [5.74, 6) is -2.17. The van der Waals surface area contributed by atoms with E-state index >= 15 is 0 Å². The largest absolute Gasteiger partial charge is 0.507 e. The van der Waals surface area contributed by atoms with Crippen molar-refractivity contribution in [1.29, 1.82) is 5.26 Å². The number of carboxylic acid groups (broad SMARTS) is 1. The Bertz CT molecular complexity index is 1240. The predicted octanol–water partition coefficient (Wildman–Crippen LogP) is 2.53. The number of hydrogen-bond donors (Lipinski definition) is 2. The van der Waals surface area contributed by atoms with Crippen molar-refractivity contribution in [3.05, 3.63) is 59.0 Å². The van der Waals surface area contributed by atoms with Crippen LogP contribution >= 0.6 is 0 Å². The maximum Gasteiger partial charge on any atom is 0.307 e. The smallest absolute Gasteiger partial charge is 0.307 e.